The van der Waals surface area contributed by atoms with Gasteiger partial charge in [-0.1, -0.05) is 11.6 Å². The van der Waals surface area contributed by atoms with Crippen LogP contribution in [0.25, 0.3) is 0 Å². The summed E-state index contributed by atoms with van der Waals surface area (Å²) in [5, 5.41) is 21.4. The van der Waals surface area contributed by atoms with Gasteiger partial charge in [0.25, 0.3) is 5.91 Å². The number of nitrogens with one attached hydrogen (secondary N) is 2. The highest BCUT2D eigenvalue weighted by Gasteiger charge is 2.30. The van der Waals surface area contributed by atoms with Gasteiger partial charge in [0.05, 0.1) is 11.3 Å². The van der Waals surface area contributed by atoms with Crippen LogP contribution in [0.4, 0.5) is 0 Å². The molecule has 2 heterocycles. The summed E-state index contributed by atoms with van der Waals surface area (Å²) < 4.78 is 1.83. The molecule has 7 heteroatoms. The molecule has 1 saturated carbocycles. The zero-order valence-electron chi connectivity index (χ0n) is 15.1. The normalized spacial score (nSPS) is 20.8. The molecule has 2 aromatic heterocycles. The lowest BCUT2D eigenvalue weighted by atomic mass is 10.0. The van der Waals surface area contributed by atoms with Gasteiger partial charge in [0, 0.05) is 31.4 Å². The number of aryl methyl sites for hydroxylation is 1. The van der Waals surface area contributed by atoms with E-state index in [1.807, 2.05) is 23.9 Å². The Balaban J connectivity index is 1.60. The Morgan fingerprint density at radius 3 is 2.96 bits per heavy atom. The summed E-state index contributed by atoms with van der Waals surface area (Å²) in [5.74, 6) is 0.302. The summed E-state index contributed by atoms with van der Waals surface area (Å²) in [6, 6.07) is 2.05. The predicted molar refractivity (Wildman–Crippen MR) is 94.1 cm³/mol. The molecule has 3 rings (SSSR count). The fourth-order valence-corrected chi connectivity index (χ4v) is 3.57. The summed E-state index contributed by atoms with van der Waals surface area (Å²) in [6.07, 6.45) is 7.31. The summed E-state index contributed by atoms with van der Waals surface area (Å²) in [6.45, 7) is 6.18. The number of hydrogen-bond acceptors (Lipinski definition) is 4. The number of rotatable bonds is 6. The van der Waals surface area contributed by atoms with Gasteiger partial charge in [-0.05, 0) is 51.2 Å². The summed E-state index contributed by atoms with van der Waals surface area (Å²) in [4.78, 5) is 15.4. The molecule has 2 atom stereocenters. The van der Waals surface area contributed by atoms with Crippen LogP contribution in [0, 0.1) is 12.8 Å². The Kier molecular flexibility index (Phi) is 4.94. The van der Waals surface area contributed by atoms with E-state index < -0.39 is 5.60 Å². The zero-order valence-corrected chi connectivity index (χ0v) is 15.1. The molecule has 0 saturated heterocycles. The number of aliphatic hydroxyl groups is 1. The highest BCUT2D eigenvalue weighted by molar-refractivity contribution is 5.94. The summed E-state index contributed by atoms with van der Waals surface area (Å²) in [5.41, 5.74) is 1.59. The smallest absolute Gasteiger partial charge is 0.268 e. The Morgan fingerprint density at radius 1 is 1.48 bits per heavy atom. The molecule has 1 aliphatic rings. The summed E-state index contributed by atoms with van der Waals surface area (Å²) >= 11 is 0. The minimum absolute atomic E-state index is 0.0410. The second-order valence-electron chi connectivity index (χ2n) is 7.73. The molecule has 3 N–H and O–H groups in total. The van der Waals surface area contributed by atoms with Crippen LogP contribution in [0.2, 0.25) is 0 Å². The van der Waals surface area contributed by atoms with Gasteiger partial charge in [0.1, 0.15) is 5.69 Å². The van der Waals surface area contributed by atoms with Crippen LogP contribution in [-0.2, 0) is 13.0 Å². The Hall–Kier alpha value is -2.15. The van der Waals surface area contributed by atoms with Crippen molar-refractivity contribution >= 4 is 5.91 Å². The van der Waals surface area contributed by atoms with E-state index in [1.54, 1.807) is 20.0 Å². The van der Waals surface area contributed by atoms with Crippen molar-refractivity contribution in [3.8, 4) is 0 Å². The zero-order chi connectivity index (χ0) is 18.0. The van der Waals surface area contributed by atoms with Crippen molar-refractivity contribution in [2.75, 3.05) is 0 Å². The molecule has 136 valence electrons. The monoisotopic (exact) mass is 345 g/mol. The van der Waals surface area contributed by atoms with Crippen molar-refractivity contribution in [3.05, 3.63) is 35.4 Å². The minimum Gasteiger partial charge on any atom is -0.390 e. The minimum atomic E-state index is -0.793. The van der Waals surface area contributed by atoms with Crippen LogP contribution in [0.15, 0.2) is 18.5 Å². The molecular weight excluding hydrogens is 318 g/mol. The first-order valence-electron chi connectivity index (χ1n) is 8.88. The van der Waals surface area contributed by atoms with Crippen molar-refractivity contribution in [1.29, 1.82) is 0 Å². The van der Waals surface area contributed by atoms with Gasteiger partial charge >= 0.3 is 0 Å². The fourth-order valence-electron chi connectivity index (χ4n) is 3.57. The maximum Gasteiger partial charge on any atom is 0.268 e. The summed E-state index contributed by atoms with van der Waals surface area (Å²) in [7, 11) is 0. The van der Waals surface area contributed by atoms with Crippen molar-refractivity contribution in [2.45, 2.75) is 64.6 Å². The molecule has 1 amide bonds. The van der Waals surface area contributed by atoms with E-state index in [1.165, 1.54) is 0 Å². The van der Waals surface area contributed by atoms with Crippen LogP contribution in [0.3, 0.4) is 0 Å². The SMILES string of the molecule is Cc1cc[nH]c1C(=O)N[C@@H]1CCC[C@@H]1Cn1cc(CC(C)(C)O)nn1. The fraction of sp³-hybridized carbons (Fsp3) is 0.611. The Morgan fingerprint density at radius 2 is 2.28 bits per heavy atom. The number of aromatic nitrogens is 4. The van der Waals surface area contributed by atoms with Crippen LogP contribution in [0.5, 0.6) is 0 Å². The van der Waals surface area contributed by atoms with Crippen LogP contribution in [0.1, 0.15) is 54.9 Å². The molecule has 0 radical (unpaired) electrons. The van der Waals surface area contributed by atoms with Crippen LogP contribution in [-0.4, -0.2) is 42.6 Å². The average molecular weight is 345 g/mol. The first-order chi connectivity index (χ1) is 11.8. The van der Waals surface area contributed by atoms with E-state index in [2.05, 4.69) is 20.6 Å². The van der Waals surface area contributed by atoms with Crippen LogP contribution < -0.4 is 5.32 Å². The molecule has 0 bridgehead atoms. The predicted octanol–water partition coefficient (Wildman–Crippen LogP) is 1.83. The lowest BCUT2D eigenvalue weighted by Gasteiger charge is -2.20. The van der Waals surface area contributed by atoms with Crippen molar-refractivity contribution in [2.24, 2.45) is 5.92 Å². The average Bonchev–Trinajstić information content (AvgIpc) is 3.21. The number of amides is 1. The van der Waals surface area contributed by atoms with E-state index in [9.17, 15) is 9.90 Å². The standard InChI is InChI=1S/C18H27N5O2/c1-12-7-8-19-16(12)17(24)20-15-6-4-5-13(15)10-23-11-14(21-22-23)9-18(2,3)25/h7-8,11,13,15,19,25H,4-6,9-10H2,1-3H3,(H,20,24)/t13-,15-/m1/s1. The van der Waals surface area contributed by atoms with Crippen molar-refractivity contribution < 1.29 is 9.90 Å². The van der Waals surface area contributed by atoms with Crippen LogP contribution >= 0.6 is 0 Å². The lowest BCUT2D eigenvalue weighted by molar-refractivity contribution is 0.0798. The molecule has 0 unspecified atom stereocenters. The number of aromatic amines is 1. The van der Waals surface area contributed by atoms with E-state index in [-0.39, 0.29) is 11.9 Å². The van der Waals surface area contributed by atoms with E-state index >= 15 is 0 Å². The third-order valence-electron chi connectivity index (χ3n) is 4.78. The Bertz CT molecular complexity index is 728. The number of nitrogens with zero attached hydrogens (tertiary/aromatic N) is 3. The quantitative estimate of drug-likeness (QED) is 0.744. The van der Waals surface area contributed by atoms with Gasteiger partial charge in [-0.15, -0.1) is 5.10 Å². The van der Waals surface area contributed by atoms with Crippen molar-refractivity contribution in [1.82, 2.24) is 25.3 Å². The highest BCUT2D eigenvalue weighted by atomic mass is 16.3. The largest absolute Gasteiger partial charge is 0.390 e. The molecular formula is C18H27N5O2. The van der Waals surface area contributed by atoms with Gasteiger partial charge < -0.3 is 15.4 Å². The molecule has 1 fully saturated rings. The van der Waals surface area contributed by atoms with Gasteiger partial charge in [-0.2, -0.15) is 0 Å². The molecule has 0 spiro atoms. The number of H-pyrrole nitrogens is 1. The third kappa shape index (κ3) is 4.48. The molecule has 7 nitrogen and oxygen atoms in total. The first-order valence-corrected chi connectivity index (χ1v) is 8.88. The molecule has 25 heavy (non-hydrogen) atoms. The van der Waals surface area contributed by atoms with Gasteiger partial charge in [0.2, 0.25) is 0 Å². The number of hydrogen-bond donors (Lipinski definition) is 3. The topological polar surface area (TPSA) is 95.8 Å². The molecule has 1 aliphatic carbocycles. The second kappa shape index (κ2) is 7.00. The third-order valence-corrected chi connectivity index (χ3v) is 4.78. The maximum atomic E-state index is 12.4. The molecule has 0 aliphatic heterocycles. The first kappa shape index (κ1) is 17.7. The van der Waals surface area contributed by atoms with E-state index in [0.717, 1.165) is 37.1 Å². The molecule has 0 aromatic carbocycles. The van der Waals surface area contributed by atoms with Gasteiger partial charge in [-0.25, -0.2) is 0 Å². The second-order valence-corrected chi connectivity index (χ2v) is 7.73. The highest BCUT2D eigenvalue weighted by Crippen LogP contribution is 2.27. The van der Waals surface area contributed by atoms with Gasteiger partial charge in [-0.3, -0.25) is 9.48 Å². The van der Waals surface area contributed by atoms with E-state index in [0.29, 0.717) is 18.0 Å². The maximum absolute atomic E-state index is 12.4. The molecule has 2 aromatic rings. The van der Waals surface area contributed by atoms with Gasteiger partial charge in [0.15, 0.2) is 0 Å². The number of carbonyl (C=O) groups excluding carboxylic acids is 1. The number of carbonyl (C=O) groups is 1. The Labute approximate surface area is 147 Å². The van der Waals surface area contributed by atoms with E-state index in [4.69, 9.17) is 0 Å². The lowest BCUT2D eigenvalue weighted by Crippen LogP contribution is -2.39. The van der Waals surface area contributed by atoms with Crippen molar-refractivity contribution in [3.63, 3.8) is 0 Å².